The summed E-state index contributed by atoms with van der Waals surface area (Å²) >= 11 is 0. The lowest BCUT2D eigenvalue weighted by Gasteiger charge is -2.35. The Labute approximate surface area is 223 Å². The van der Waals surface area contributed by atoms with Crippen molar-refractivity contribution in [2.75, 3.05) is 42.9 Å². The van der Waals surface area contributed by atoms with Gasteiger partial charge >= 0.3 is 0 Å². The topological polar surface area (TPSA) is 91.5 Å². The molecule has 0 bridgehead atoms. The molecule has 1 saturated heterocycles. The molecule has 0 amide bonds. The summed E-state index contributed by atoms with van der Waals surface area (Å²) in [5.74, 6) is 1.51. The molecule has 3 aromatic heterocycles. The maximum absolute atomic E-state index is 10.8. The number of furan rings is 1. The molecule has 1 fully saturated rings. The predicted octanol–water partition coefficient (Wildman–Crippen LogP) is 4.74. The van der Waals surface area contributed by atoms with E-state index in [0.29, 0.717) is 25.1 Å². The number of nitrogens with zero attached hydrogens (tertiary/aromatic N) is 5. The predicted molar refractivity (Wildman–Crippen MR) is 151 cm³/mol. The van der Waals surface area contributed by atoms with Gasteiger partial charge in [-0.3, -0.25) is 4.90 Å². The van der Waals surface area contributed by atoms with Crippen LogP contribution in [0.15, 0.2) is 59.3 Å². The summed E-state index contributed by atoms with van der Waals surface area (Å²) in [4.78, 5) is 24.9. The number of nitrogens with one attached hydrogen (secondary N) is 2. The molecule has 1 aromatic carbocycles. The first-order valence-electron chi connectivity index (χ1n) is 13.6. The minimum Gasteiger partial charge on any atom is -0.468 e. The molecule has 1 aliphatic heterocycles. The number of benzene rings is 1. The molecule has 5 rings (SSSR count). The van der Waals surface area contributed by atoms with Gasteiger partial charge < -0.3 is 29.3 Å². The highest BCUT2D eigenvalue weighted by Crippen LogP contribution is 2.28. The van der Waals surface area contributed by atoms with E-state index in [9.17, 15) is 4.79 Å². The van der Waals surface area contributed by atoms with Gasteiger partial charge in [-0.1, -0.05) is 13.8 Å². The number of aldehydes is 1. The number of fused-ring (bicyclic) bond motifs is 1. The minimum absolute atomic E-state index is 0.363. The first kappa shape index (κ1) is 25.9. The minimum atomic E-state index is 0.363. The summed E-state index contributed by atoms with van der Waals surface area (Å²) in [7, 11) is 0. The van der Waals surface area contributed by atoms with Crippen molar-refractivity contribution in [1.82, 2.24) is 24.8 Å². The van der Waals surface area contributed by atoms with Crippen LogP contribution < -0.4 is 15.5 Å². The lowest BCUT2D eigenvalue weighted by atomic mass is 10.1. The fourth-order valence-corrected chi connectivity index (χ4v) is 5.23. The lowest BCUT2D eigenvalue weighted by molar-refractivity contribution is -0.108. The zero-order valence-corrected chi connectivity index (χ0v) is 22.3. The van der Waals surface area contributed by atoms with Gasteiger partial charge in [-0.2, -0.15) is 4.98 Å². The van der Waals surface area contributed by atoms with Crippen molar-refractivity contribution in [2.24, 2.45) is 0 Å². The van der Waals surface area contributed by atoms with Gasteiger partial charge in [-0.25, -0.2) is 4.98 Å². The van der Waals surface area contributed by atoms with E-state index in [1.54, 1.807) is 6.26 Å². The van der Waals surface area contributed by atoms with Crippen molar-refractivity contribution in [3.8, 4) is 0 Å². The van der Waals surface area contributed by atoms with Crippen molar-refractivity contribution >= 4 is 34.6 Å². The first-order valence-corrected chi connectivity index (χ1v) is 13.6. The van der Waals surface area contributed by atoms with Crippen LogP contribution in [0.1, 0.15) is 44.2 Å². The molecule has 200 valence electrons. The second-order valence-corrected chi connectivity index (χ2v) is 9.76. The molecular weight excluding hydrogens is 478 g/mol. The van der Waals surface area contributed by atoms with E-state index in [1.165, 1.54) is 11.4 Å². The van der Waals surface area contributed by atoms with Gasteiger partial charge in [-0.15, -0.1) is 0 Å². The van der Waals surface area contributed by atoms with Crippen molar-refractivity contribution in [3.05, 3.63) is 66.4 Å². The summed E-state index contributed by atoms with van der Waals surface area (Å²) in [6, 6.07) is 14.9. The van der Waals surface area contributed by atoms with E-state index < -0.39 is 0 Å². The highest BCUT2D eigenvalue weighted by Gasteiger charge is 2.19. The number of piperazine rings is 1. The van der Waals surface area contributed by atoms with E-state index in [-0.39, 0.29) is 0 Å². The normalized spacial score (nSPS) is 14.4. The standard InChI is InChI=1S/C29H37N7O2/c1-3-24(4-2)36-26(20-30-21-27-6-5-17-38-27)18-22-19-31-29(33-28(22)36)32-23-7-9-25(10-8-23)35-13-11-34(12-14-35)15-16-37/h5-10,16-19,24,30H,3-4,11-15,20-21H2,1-2H3,(H,31,32,33). The van der Waals surface area contributed by atoms with Gasteiger partial charge in [0.15, 0.2) is 0 Å². The van der Waals surface area contributed by atoms with Crippen LogP contribution in [-0.2, 0) is 17.9 Å². The zero-order valence-electron chi connectivity index (χ0n) is 22.3. The molecule has 9 heteroatoms. The number of anilines is 3. The number of carbonyl (C=O) groups is 1. The van der Waals surface area contributed by atoms with Crippen LogP contribution in [0, 0.1) is 0 Å². The fraction of sp³-hybridized carbons (Fsp3) is 0.414. The molecule has 4 heterocycles. The van der Waals surface area contributed by atoms with Gasteiger partial charge in [0, 0.05) is 67.4 Å². The largest absolute Gasteiger partial charge is 0.468 e. The second kappa shape index (κ2) is 12.2. The van der Waals surface area contributed by atoms with Gasteiger partial charge in [0.1, 0.15) is 17.7 Å². The molecule has 2 N–H and O–H groups in total. The summed E-state index contributed by atoms with van der Waals surface area (Å²) in [5.41, 5.74) is 4.29. The van der Waals surface area contributed by atoms with Gasteiger partial charge in [0.2, 0.25) is 5.95 Å². The average molecular weight is 516 g/mol. The lowest BCUT2D eigenvalue weighted by Crippen LogP contribution is -2.46. The molecule has 0 spiro atoms. The van der Waals surface area contributed by atoms with Crippen LogP contribution in [0.4, 0.5) is 17.3 Å². The van der Waals surface area contributed by atoms with Gasteiger partial charge in [0.25, 0.3) is 0 Å². The summed E-state index contributed by atoms with van der Waals surface area (Å²) in [6.45, 7) is 10.0. The van der Waals surface area contributed by atoms with E-state index in [2.05, 4.69) is 74.2 Å². The Morgan fingerprint density at radius 2 is 1.84 bits per heavy atom. The van der Waals surface area contributed by atoms with Crippen LogP contribution in [0.25, 0.3) is 11.0 Å². The van der Waals surface area contributed by atoms with Crippen molar-refractivity contribution in [1.29, 1.82) is 0 Å². The SMILES string of the molecule is CCC(CC)n1c(CNCc2ccco2)cc2cnc(Nc3ccc(N4CCN(CC=O)CC4)cc3)nc21. The highest BCUT2D eigenvalue weighted by atomic mass is 16.3. The van der Waals surface area contributed by atoms with Crippen molar-refractivity contribution in [3.63, 3.8) is 0 Å². The van der Waals surface area contributed by atoms with Crippen LogP contribution in [0.2, 0.25) is 0 Å². The first-order chi connectivity index (χ1) is 18.7. The molecule has 4 aromatic rings. The molecular formula is C29H37N7O2. The summed E-state index contributed by atoms with van der Waals surface area (Å²) in [6.07, 6.45) is 6.66. The highest BCUT2D eigenvalue weighted by molar-refractivity contribution is 5.78. The Hall–Kier alpha value is -3.69. The summed E-state index contributed by atoms with van der Waals surface area (Å²) in [5, 5.41) is 7.94. The van der Waals surface area contributed by atoms with Crippen molar-refractivity contribution < 1.29 is 9.21 Å². The smallest absolute Gasteiger partial charge is 0.229 e. The van der Waals surface area contributed by atoms with E-state index in [1.807, 2.05) is 18.3 Å². The maximum Gasteiger partial charge on any atom is 0.229 e. The van der Waals surface area contributed by atoms with Crippen LogP contribution >= 0.6 is 0 Å². The maximum atomic E-state index is 10.8. The Morgan fingerprint density at radius 1 is 1.05 bits per heavy atom. The van der Waals surface area contributed by atoms with Crippen LogP contribution in [0.5, 0.6) is 0 Å². The fourth-order valence-electron chi connectivity index (χ4n) is 5.23. The molecule has 0 radical (unpaired) electrons. The Bertz CT molecular complexity index is 1300. The third kappa shape index (κ3) is 5.89. The average Bonchev–Trinajstić information content (AvgIpc) is 3.59. The molecule has 0 atom stereocenters. The monoisotopic (exact) mass is 515 g/mol. The van der Waals surface area contributed by atoms with Crippen LogP contribution in [0.3, 0.4) is 0 Å². The number of rotatable bonds is 12. The van der Waals surface area contributed by atoms with Gasteiger partial charge in [-0.05, 0) is 55.3 Å². The number of carbonyl (C=O) groups excluding carboxylic acids is 1. The van der Waals surface area contributed by atoms with E-state index in [0.717, 1.165) is 74.3 Å². The van der Waals surface area contributed by atoms with Crippen molar-refractivity contribution in [2.45, 2.75) is 45.8 Å². The summed E-state index contributed by atoms with van der Waals surface area (Å²) < 4.78 is 7.83. The number of hydrogen-bond donors (Lipinski definition) is 2. The Morgan fingerprint density at radius 3 is 2.53 bits per heavy atom. The quantitative estimate of drug-likeness (QED) is 0.262. The second-order valence-electron chi connectivity index (χ2n) is 9.76. The van der Waals surface area contributed by atoms with E-state index in [4.69, 9.17) is 9.40 Å². The molecule has 1 aliphatic rings. The number of hydrogen-bond acceptors (Lipinski definition) is 8. The Balaban J connectivity index is 1.30. The third-order valence-corrected chi connectivity index (χ3v) is 7.34. The zero-order chi connectivity index (χ0) is 26.3. The Kier molecular flexibility index (Phi) is 8.35. The van der Waals surface area contributed by atoms with E-state index >= 15 is 0 Å². The molecule has 9 nitrogen and oxygen atoms in total. The molecule has 0 aliphatic carbocycles. The molecule has 38 heavy (non-hydrogen) atoms. The van der Waals surface area contributed by atoms with Crippen LogP contribution in [-0.4, -0.2) is 58.4 Å². The third-order valence-electron chi connectivity index (χ3n) is 7.34. The van der Waals surface area contributed by atoms with Gasteiger partial charge in [0.05, 0.1) is 19.4 Å². The number of aromatic nitrogens is 3. The molecule has 0 unspecified atom stereocenters. The molecule has 0 saturated carbocycles.